The average Bonchev–Trinajstić information content (AvgIpc) is 2.85. The Kier molecular flexibility index (Phi) is 3.31. The van der Waals surface area contributed by atoms with Crippen LogP contribution in [0.4, 0.5) is 0 Å². The van der Waals surface area contributed by atoms with Crippen LogP contribution in [0.25, 0.3) is 0 Å². The molecule has 4 heteroatoms. The lowest BCUT2D eigenvalue weighted by Crippen LogP contribution is -2.34. The highest BCUT2D eigenvalue weighted by Crippen LogP contribution is 2.45. The molecule has 1 saturated carbocycles. The van der Waals surface area contributed by atoms with Crippen LogP contribution in [0.2, 0.25) is 0 Å². The topological polar surface area (TPSA) is 32.3 Å². The molecule has 1 N–H and O–H groups in total. The molecule has 3 rings (SSSR count). The van der Waals surface area contributed by atoms with Crippen LogP contribution in [0.3, 0.4) is 0 Å². The first kappa shape index (κ1) is 12.1. The van der Waals surface area contributed by atoms with Gasteiger partial charge >= 0.3 is 0 Å². The second-order valence-corrected chi connectivity index (χ2v) is 5.58. The number of piperidine rings is 1. The monoisotopic (exact) mass is 262 g/mol. The smallest absolute Gasteiger partial charge is 0.229 e. The molecule has 0 aromatic heterocycles. The molecule has 1 aromatic carbocycles. The maximum absolute atomic E-state index is 11.3. The van der Waals surface area contributed by atoms with Gasteiger partial charge in [0.05, 0.1) is 5.75 Å². The molecule has 0 radical (unpaired) electrons. The molecule has 2 atom stereocenters. The van der Waals surface area contributed by atoms with Crippen LogP contribution in [0.1, 0.15) is 5.56 Å². The minimum absolute atomic E-state index is 0.0624. The number of hydrogen-bond acceptors (Lipinski definition) is 3. The van der Waals surface area contributed by atoms with E-state index in [9.17, 15) is 4.79 Å². The van der Waals surface area contributed by atoms with E-state index >= 15 is 0 Å². The minimum Gasteiger partial charge on any atom is -0.352 e. The Morgan fingerprint density at radius 1 is 1.28 bits per heavy atom. The summed E-state index contributed by atoms with van der Waals surface area (Å²) in [5.41, 5.74) is 1.37. The summed E-state index contributed by atoms with van der Waals surface area (Å²) in [6.45, 7) is 3.25. The molecule has 1 amide bonds. The van der Waals surface area contributed by atoms with Crippen LogP contribution >= 0.6 is 12.6 Å². The Hall–Kier alpha value is -1.00. The first-order valence-corrected chi connectivity index (χ1v) is 7.07. The normalized spacial score (nSPS) is 29.9. The molecule has 3 nitrogen and oxygen atoms in total. The molecule has 1 heterocycles. The number of rotatable bonds is 4. The standard InChI is InChI=1S/C14H18N2OS/c17-13(9-18)15-14-11-7-16(8-12(11)14)6-10-4-2-1-3-5-10/h1-5,11-12,14,18H,6-9H2,(H,15,17). The van der Waals surface area contributed by atoms with Crippen molar-refractivity contribution in [3.8, 4) is 0 Å². The quantitative estimate of drug-likeness (QED) is 0.798. The van der Waals surface area contributed by atoms with Crippen molar-refractivity contribution in [1.82, 2.24) is 10.2 Å². The first-order chi connectivity index (χ1) is 8.78. The summed E-state index contributed by atoms with van der Waals surface area (Å²) < 4.78 is 0. The fraction of sp³-hybridized carbons (Fsp3) is 0.500. The molecule has 0 bridgehead atoms. The van der Waals surface area contributed by atoms with E-state index < -0.39 is 0 Å². The molecular formula is C14H18N2OS. The third-order valence-electron chi connectivity index (χ3n) is 3.99. The molecule has 1 aliphatic carbocycles. The van der Waals surface area contributed by atoms with Gasteiger partial charge in [0.25, 0.3) is 0 Å². The molecule has 1 aliphatic heterocycles. The number of carbonyl (C=O) groups excluding carboxylic acids is 1. The van der Waals surface area contributed by atoms with Crippen molar-refractivity contribution in [2.45, 2.75) is 12.6 Å². The predicted octanol–water partition coefficient (Wildman–Crippen LogP) is 1.16. The summed E-state index contributed by atoms with van der Waals surface area (Å²) in [5.74, 6) is 1.69. The highest BCUT2D eigenvalue weighted by atomic mass is 32.1. The Bertz CT molecular complexity index is 425. The van der Waals surface area contributed by atoms with E-state index in [1.165, 1.54) is 5.56 Å². The Morgan fingerprint density at radius 3 is 2.56 bits per heavy atom. The Morgan fingerprint density at radius 2 is 1.94 bits per heavy atom. The van der Waals surface area contributed by atoms with Crippen LogP contribution in [0.15, 0.2) is 30.3 Å². The van der Waals surface area contributed by atoms with Crippen molar-refractivity contribution in [3.05, 3.63) is 35.9 Å². The van der Waals surface area contributed by atoms with Crippen molar-refractivity contribution in [2.24, 2.45) is 11.8 Å². The number of amides is 1. The zero-order chi connectivity index (χ0) is 12.5. The van der Waals surface area contributed by atoms with Crippen molar-refractivity contribution >= 4 is 18.5 Å². The van der Waals surface area contributed by atoms with E-state index in [0.717, 1.165) is 19.6 Å². The van der Waals surface area contributed by atoms with E-state index in [-0.39, 0.29) is 5.91 Å². The largest absolute Gasteiger partial charge is 0.352 e. The maximum Gasteiger partial charge on any atom is 0.229 e. The molecule has 2 unspecified atom stereocenters. The first-order valence-electron chi connectivity index (χ1n) is 6.44. The molecular weight excluding hydrogens is 244 g/mol. The summed E-state index contributed by atoms with van der Waals surface area (Å²) in [6.07, 6.45) is 0. The van der Waals surface area contributed by atoms with Crippen molar-refractivity contribution in [3.63, 3.8) is 0 Å². The molecule has 96 valence electrons. The van der Waals surface area contributed by atoms with Gasteiger partial charge in [-0.3, -0.25) is 9.69 Å². The van der Waals surface area contributed by atoms with Crippen molar-refractivity contribution < 1.29 is 4.79 Å². The van der Waals surface area contributed by atoms with Crippen molar-refractivity contribution in [1.29, 1.82) is 0 Å². The number of carbonyl (C=O) groups is 1. The van der Waals surface area contributed by atoms with Gasteiger partial charge in [-0.2, -0.15) is 12.6 Å². The van der Waals surface area contributed by atoms with Gasteiger partial charge in [0.15, 0.2) is 0 Å². The molecule has 18 heavy (non-hydrogen) atoms. The third kappa shape index (κ3) is 2.40. The van der Waals surface area contributed by atoms with Gasteiger partial charge in [0.1, 0.15) is 0 Å². The number of thiol groups is 1. The summed E-state index contributed by atoms with van der Waals surface area (Å²) in [4.78, 5) is 13.7. The third-order valence-corrected chi connectivity index (χ3v) is 4.28. The van der Waals surface area contributed by atoms with Crippen LogP contribution in [0.5, 0.6) is 0 Å². The van der Waals surface area contributed by atoms with Crippen LogP contribution in [-0.2, 0) is 11.3 Å². The second-order valence-electron chi connectivity index (χ2n) is 5.26. The van der Waals surface area contributed by atoms with E-state index in [4.69, 9.17) is 0 Å². The number of nitrogens with one attached hydrogen (secondary N) is 1. The van der Waals surface area contributed by atoms with E-state index in [1.807, 2.05) is 6.07 Å². The summed E-state index contributed by atoms with van der Waals surface area (Å²) in [6, 6.07) is 11.0. The average molecular weight is 262 g/mol. The molecule has 1 aromatic rings. The molecule has 0 spiro atoms. The van der Waals surface area contributed by atoms with Gasteiger partial charge < -0.3 is 5.32 Å². The fourth-order valence-electron chi connectivity index (χ4n) is 3.03. The summed E-state index contributed by atoms with van der Waals surface area (Å²) in [7, 11) is 0. The zero-order valence-corrected chi connectivity index (χ0v) is 11.1. The number of nitrogens with zero attached hydrogens (tertiary/aromatic N) is 1. The number of benzene rings is 1. The lowest BCUT2D eigenvalue weighted by atomic mass is 10.2. The van der Waals surface area contributed by atoms with Gasteiger partial charge in [-0.1, -0.05) is 30.3 Å². The molecule has 1 saturated heterocycles. The lowest BCUT2D eigenvalue weighted by molar-refractivity contribution is -0.118. The Balaban J connectivity index is 1.48. The van der Waals surface area contributed by atoms with E-state index in [1.54, 1.807) is 0 Å². The predicted molar refractivity (Wildman–Crippen MR) is 74.5 cm³/mol. The van der Waals surface area contributed by atoms with Crippen LogP contribution in [-0.4, -0.2) is 35.7 Å². The van der Waals surface area contributed by atoms with Gasteiger partial charge in [-0.15, -0.1) is 0 Å². The lowest BCUT2D eigenvalue weighted by Gasteiger charge is -2.19. The SMILES string of the molecule is O=C(CS)NC1C2CN(Cc3ccccc3)CC21. The highest BCUT2D eigenvalue weighted by Gasteiger charge is 2.56. The van der Waals surface area contributed by atoms with Gasteiger partial charge in [0.2, 0.25) is 5.91 Å². The van der Waals surface area contributed by atoms with Gasteiger partial charge in [-0.05, 0) is 17.4 Å². The number of likely N-dealkylation sites (tertiary alicyclic amines) is 1. The Labute approximate surface area is 113 Å². The number of fused-ring (bicyclic) bond motifs is 1. The van der Waals surface area contributed by atoms with E-state index in [0.29, 0.717) is 23.6 Å². The van der Waals surface area contributed by atoms with Gasteiger partial charge in [-0.25, -0.2) is 0 Å². The van der Waals surface area contributed by atoms with E-state index in [2.05, 4.69) is 47.1 Å². The minimum atomic E-state index is 0.0624. The zero-order valence-electron chi connectivity index (χ0n) is 10.2. The second kappa shape index (κ2) is 4.94. The number of hydrogen-bond donors (Lipinski definition) is 2. The molecule has 2 fully saturated rings. The molecule has 2 aliphatic rings. The van der Waals surface area contributed by atoms with Crippen molar-refractivity contribution in [2.75, 3.05) is 18.8 Å². The maximum atomic E-state index is 11.3. The van der Waals surface area contributed by atoms with Crippen LogP contribution < -0.4 is 5.32 Å². The summed E-state index contributed by atoms with van der Waals surface area (Å²) >= 11 is 3.99. The van der Waals surface area contributed by atoms with Crippen LogP contribution in [0, 0.1) is 11.8 Å². The van der Waals surface area contributed by atoms with Gasteiger partial charge in [0, 0.05) is 25.7 Å². The summed E-state index contributed by atoms with van der Waals surface area (Å²) in [5, 5.41) is 3.05. The highest BCUT2D eigenvalue weighted by molar-refractivity contribution is 7.81. The fourth-order valence-corrected chi connectivity index (χ4v) is 3.12.